The lowest BCUT2D eigenvalue weighted by Crippen LogP contribution is -2.27. The van der Waals surface area contributed by atoms with Crippen LogP contribution in [0.25, 0.3) is 0 Å². The highest BCUT2D eigenvalue weighted by molar-refractivity contribution is 5.29. The fraction of sp³-hybridized carbons (Fsp3) is 0.571. The summed E-state index contributed by atoms with van der Waals surface area (Å²) in [5.74, 6) is 0.829. The summed E-state index contributed by atoms with van der Waals surface area (Å²) in [6.07, 6.45) is -0.443. The molecule has 1 aromatic rings. The minimum Gasteiger partial charge on any atom is -0.492 e. The highest BCUT2D eigenvalue weighted by atomic mass is 16.5. The van der Waals surface area contributed by atoms with Gasteiger partial charge in [0.05, 0.1) is 6.10 Å². The van der Waals surface area contributed by atoms with Crippen molar-refractivity contribution in [3.05, 3.63) is 29.8 Å². The number of hydrogen-bond donors (Lipinski definition) is 1. The lowest BCUT2D eigenvalue weighted by Gasteiger charge is -2.18. The standard InChI is InChI=1S/C14H23NO2/c1-4-15(5-2)9-10-17-14-8-6-7-13(11-14)12(3)16/h6-8,11-12,16H,4-5,9-10H2,1-3H3/t12-/m0/s1. The highest BCUT2D eigenvalue weighted by Crippen LogP contribution is 2.18. The van der Waals surface area contributed by atoms with Gasteiger partial charge in [-0.1, -0.05) is 26.0 Å². The van der Waals surface area contributed by atoms with Crippen LogP contribution in [0.4, 0.5) is 0 Å². The normalized spacial score (nSPS) is 12.8. The van der Waals surface area contributed by atoms with E-state index in [-0.39, 0.29) is 0 Å². The van der Waals surface area contributed by atoms with Crippen molar-refractivity contribution >= 4 is 0 Å². The summed E-state index contributed by atoms with van der Waals surface area (Å²) in [7, 11) is 0. The molecule has 0 amide bonds. The highest BCUT2D eigenvalue weighted by Gasteiger charge is 2.03. The van der Waals surface area contributed by atoms with Gasteiger partial charge in [-0.15, -0.1) is 0 Å². The molecule has 0 aromatic heterocycles. The predicted octanol–water partition coefficient (Wildman–Crippen LogP) is 2.46. The number of ether oxygens (including phenoxy) is 1. The molecule has 1 aromatic carbocycles. The van der Waals surface area contributed by atoms with Crippen LogP contribution in [0, 0.1) is 0 Å². The van der Waals surface area contributed by atoms with E-state index >= 15 is 0 Å². The summed E-state index contributed by atoms with van der Waals surface area (Å²) in [6, 6.07) is 7.64. The van der Waals surface area contributed by atoms with Gasteiger partial charge in [0.25, 0.3) is 0 Å². The van der Waals surface area contributed by atoms with Gasteiger partial charge in [-0.05, 0) is 37.7 Å². The zero-order valence-electron chi connectivity index (χ0n) is 11.0. The zero-order chi connectivity index (χ0) is 12.7. The van der Waals surface area contributed by atoms with E-state index in [1.54, 1.807) is 6.92 Å². The Balaban J connectivity index is 2.43. The summed E-state index contributed by atoms with van der Waals surface area (Å²) in [4.78, 5) is 2.32. The number of benzene rings is 1. The van der Waals surface area contributed by atoms with Gasteiger partial charge in [-0.25, -0.2) is 0 Å². The van der Waals surface area contributed by atoms with Crippen LogP contribution in [-0.4, -0.2) is 36.2 Å². The van der Waals surface area contributed by atoms with Gasteiger partial charge in [0.15, 0.2) is 0 Å². The van der Waals surface area contributed by atoms with Crippen molar-refractivity contribution in [3.63, 3.8) is 0 Å². The fourth-order valence-corrected chi connectivity index (χ4v) is 1.70. The Morgan fingerprint density at radius 2 is 2.00 bits per heavy atom. The van der Waals surface area contributed by atoms with Crippen molar-refractivity contribution in [1.82, 2.24) is 4.90 Å². The summed E-state index contributed by atoms with van der Waals surface area (Å²) in [5.41, 5.74) is 0.894. The van der Waals surface area contributed by atoms with Crippen LogP contribution in [0.3, 0.4) is 0 Å². The molecule has 0 aliphatic carbocycles. The Kier molecular flexibility index (Phi) is 6.01. The second kappa shape index (κ2) is 7.30. The molecule has 0 heterocycles. The third-order valence-corrected chi connectivity index (χ3v) is 2.91. The molecule has 0 saturated carbocycles. The van der Waals surface area contributed by atoms with Gasteiger partial charge in [0.1, 0.15) is 12.4 Å². The molecule has 0 saturated heterocycles. The number of nitrogens with zero attached hydrogens (tertiary/aromatic N) is 1. The van der Waals surface area contributed by atoms with E-state index in [0.717, 1.165) is 30.9 Å². The van der Waals surface area contributed by atoms with Crippen molar-refractivity contribution in [3.8, 4) is 5.75 Å². The lowest BCUT2D eigenvalue weighted by atomic mass is 10.1. The Bertz CT molecular complexity index is 322. The second-order valence-electron chi connectivity index (χ2n) is 4.12. The minimum absolute atomic E-state index is 0.443. The Labute approximate surface area is 104 Å². The average Bonchev–Trinajstić information content (AvgIpc) is 2.35. The number of hydrogen-bond acceptors (Lipinski definition) is 3. The molecule has 1 rings (SSSR count). The number of likely N-dealkylation sites (N-methyl/N-ethyl adjacent to an activating group) is 1. The largest absolute Gasteiger partial charge is 0.492 e. The van der Waals surface area contributed by atoms with Crippen LogP contribution < -0.4 is 4.74 Å². The van der Waals surface area contributed by atoms with Crippen molar-refractivity contribution in [2.24, 2.45) is 0 Å². The number of aliphatic hydroxyl groups is 1. The van der Waals surface area contributed by atoms with Gasteiger partial charge in [0, 0.05) is 6.54 Å². The molecule has 1 atom stereocenters. The maximum absolute atomic E-state index is 9.47. The number of rotatable bonds is 7. The van der Waals surface area contributed by atoms with E-state index in [1.807, 2.05) is 24.3 Å². The first-order valence-corrected chi connectivity index (χ1v) is 6.30. The van der Waals surface area contributed by atoms with Gasteiger partial charge >= 0.3 is 0 Å². The van der Waals surface area contributed by atoms with E-state index < -0.39 is 6.10 Å². The van der Waals surface area contributed by atoms with Gasteiger partial charge < -0.3 is 14.7 Å². The molecule has 96 valence electrons. The van der Waals surface area contributed by atoms with Crippen LogP contribution in [0.2, 0.25) is 0 Å². The van der Waals surface area contributed by atoms with E-state index in [0.29, 0.717) is 6.61 Å². The topological polar surface area (TPSA) is 32.7 Å². The molecule has 0 unspecified atom stereocenters. The Morgan fingerprint density at radius 1 is 1.29 bits per heavy atom. The molecule has 1 N–H and O–H groups in total. The molecule has 3 nitrogen and oxygen atoms in total. The van der Waals surface area contributed by atoms with E-state index in [4.69, 9.17) is 4.74 Å². The first kappa shape index (κ1) is 14.0. The third-order valence-electron chi connectivity index (χ3n) is 2.91. The molecule has 0 fully saturated rings. The Morgan fingerprint density at radius 3 is 2.59 bits per heavy atom. The summed E-state index contributed by atoms with van der Waals surface area (Å²) in [6.45, 7) is 9.78. The lowest BCUT2D eigenvalue weighted by molar-refractivity contribution is 0.197. The minimum atomic E-state index is -0.443. The fourth-order valence-electron chi connectivity index (χ4n) is 1.70. The van der Waals surface area contributed by atoms with Crippen LogP contribution >= 0.6 is 0 Å². The van der Waals surface area contributed by atoms with E-state index in [1.165, 1.54) is 0 Å². The van der Waals surface area contributed by atoms with Crippen molar-refractivity contribution < 1.29 is 9.84 Å². The van der Waals surface area contributed by atoms with Gasteiger partial charge in [0.2, 0.25) is 0 Å². The summed E-state index contributed by atoms with van der Waals surface area (Å²) < 4.78 is 5.68. The van der Waals surface area contributed by atoms with Crippen LogP contribution in [0.1, 0.15) is 32.4 Å². The van der Waals surface area contributed by atoms with Crippen molar-refractivity contribution in [2.75, 3.05) is 26.2 Å². The maximum atomic E-state index is 9.47. The van der Waals surface area contributed by atoms with Crippen LogP contribution in [0.15, 0.2) is 24.3 Å². The molecule has 3 heteroatoms. The van der Waals surface area contributed by atoms with Crippen LogP contribution in [0.5, 0.6) is 5.75 Å². The number of aliphatic hydroxyl groups excluding tert-OH is 1. The van der Waals surface area contributed by atoms with Crippen molar-refractivity contribution in [1.29, 1.82) is 0 Å². The molecule has 0 bridgehead atoms. The smallest absolute Gasteiger partial charge is 0.119 e. The second-order valence-corrected chi connectivity index (χ2v) is 4.12. The average molecular weight is 237 g/mol. The molecular formula is C14H23NO2. The molecule has 0 aliphatic heterocycles. The molecular weight excluding hydrogens is 214 g/mol. The van der Waals surface area contributed by atoms with E-state index in [9.17, 15) is 5.11 Å². The first-order valence-electron chi connectivity index (χ1n) is 6.30. The molecule has 0 aliphatic rings. The summed E-state index contributed by atoms with van der Waals surface area (Å²) in [5, 5.41) is 9.47. The van der Waals surface area contributed by atoms with Crippen molar-refractivity contribution in [2.45, 2.75) is 26.9 Å². The maximum Gasteiger partial charge on any atom is 0.119 e. The zero-order valence-corrected chi connectivity index (χ0v) is 11.0. The predicted molar refractivity (Wildman–Crippen MR) is 70.4 cm³/mol. The first-order chi connectivity index (χ1) is 8.17. The summed E-state index contributed by atoms with van der Waals surface area (Å²) >= 11 is 0. The quantitative estimate of drug-likeness (QED) is 0.790. The monoisotopic (exact) mass is 237 g/mol. The molecule has 0 spiro atoms. The Hall–Kier alpha value is -1.06. The van der Waals surface area contributed by atoms with Gasteiger partial charge in [-0.3, -0.25) is 0 Å². The molecule has 17 heavy (non-hydrogen) atoms. The molecule has 0 radical (unpaired) electrons. The van der Waals surface area contributed by atoms with Gasteiger partial charge in [-0.2, -0.15) is 0 Å². The van der Waals surface area contributed by atoms with E-state index in [2.05, 4.69) is 18.7 Å². The SMILES string of the molecule is CCN(CC)CCOc1cccc([C@H](C)O)c1. The third kappa shape index (κ3) is 4.75. The van der Waals surface area contributed by atoms with Crippen LogP contribution in [-0.2, 0) is 0 Å².